The van der Waals surface area contributed by atoms with E-state index in [-0.39, 0.29) is 29.6 Å². The minimum absolute atomic E-state index is 0.0822. The number of amides is 2. The van der Waals surface area contributed by atoms with E-state index in [9.17, 15) is 14.4 Å². The van der Waals surface area contributed by atoms with Crippen molar-refractivity contribution in [2.24, 2.45) is 5.92 Å². The number of rotatable bonds is 10. The Morgan fingerprint density at radius 2 is 1.86 bits per heavy atom. The van der Waals surface area contributed by atoms with Gasteiger partial charge in [0.05, 0.1) is 23.6 Å². The van der Waals surface area contributed by atoms with Crippen LogP contribution in [0.15, 0.2) is 59.0 Å². The van der Waals surface area contributed by atoms with Crippen LogP contribution in [0.25, 0.3) is 0 Å². The van der Waals surface area contributed by atoms with Gasteiger partial charge in [0.2, 0.25) is 23.5 Å². The molecule has 36 heavy (non-hydrogen) atoms. The summed E-state index contributed by atoms with van der Waals surface area (Å²) in [7, 11) is 0. The largest absolute Gasteiger partial charge is 0.418 e. The molecule has 0 radical (unpaired) electrons. The Hall–Kier alpha value is -3.46. The van der Waals surface area contributed by atoms with Crippen LogP contribution in [0, 0.1) is 12.8 Å². The molecule has 1 saturated heterocycles. The predicted molar refractivity (Wildman–Crippen MR) is 137 cm³/mol. The number of thioether (sulfide) groups is 1. The Balaban J connectivity index is 1.39. The van der Waals surface area contributed by atoms with Gasteiger partial charge in [0, 0.05) is 6.42 Å². The summed E-state index contributed by atoms with van der Waals surface area (Å²) in [5.74, 6) is -0.589. The van der Waals surface area contributed by atoms with E-state index in [1.54, 1.807) is 4.90 Å². The second-order valence-corrected chi connectivity index (χ2v) is 10.5. The molecule has 0 bridgehead atoms. The molecule has 2 aromatic carbocycles. The fourth-order valence-electron chi connectivity index (χ4n) is 4.14. The SMILES string of the molecule is Cc1cccc(Cc2nnc(C(=O)[C@@H](NC(=O)CN3C(=O)CS[C@H]3Cc3ccccc3)C(C)C)o2)c1. The molecule has 8 nitrogen and oxygen atoms in total. The fourth-order valence-corrected chi connectivity index (χ4v) is 5.32. The highest BCUT2D eigenvalue weighted by atomic mass is 32.2. The molecule has 1 aliphatic heterocycles. The maximum absolute atomic E-state index is 13.2. The van der Waals surface area contributed by atoms with Crippen molar-refractivity contribution in [1.82, 2.24) is 20.4 Å². The van der Waals surface area contributed by atoms with E-state index in [1.165, 1.54) is 11.8 Å². The van der Waals surface area contributed by atoms with Crippen molar-refractivity contribution in [2.75, 3.05) is 12.3 Å². The van der Waals surface area contributed by atoms with Crippen molar-refractivity contribution < 1.29 is 18.8 Å². The van der Waals surface area contributed by atoms with Crippen molar-refractivity contribution in [2.45, 2.75) is 45.0 Å². The summed E-state index contributed by atoms with van der Waals surface area (Å²) < 4.78 is 5.64. The molecule has 0 spiro atoms. The number of nitrogens with zero attached hydrogens (tertiary/aromatic N) is 3. The van der Waals surface area contributed by atoms with Crippen LogP contribution >= 0.6 is 11.8 Å². The Bertz CT molecular complexity index is 1230. The number of aryl methyl sites for hydroxylation is 1. The molecule has 2 heterocycles. The normalized spacial score (nSPS) is 16.4. The maximum Gasteiger partial charge on any atom is 0.286 e. The lowest BCUT2D eigenvalue weighted by Crippen LogP contribution is -2.49. The number of carbonyl (C=O) groups is 3. The summed E-state index contributed by atoms with van der Waals surface area (Å²) in [4.78, 5) is 40.2. The first-order valence-electron chi connectivity index (χ1n) is 12.0. The number of nitrogens with one attached hydrogen (secondary N) is 1. The van der Waals surface area contributed by atoms with E-state index in [2.05, 4.69) is 15.5 Å². The third kappa shape index (κ3) is 6.40. The van der Waals surface area contributed by atoms with Gasteiger partial charge in [-0.3, -0.25) is 14.4 Å². The van der Waals surface area contributed by atoms with Crippen molar-refractivity contribution >= 4 is 29.4 Å². The van der Waals surface area contributed by atoms with E-state index in [1.807, 2.05) is 75.4 Å². The topological polar surface area (TPSA) is 105 Å². The lowest BCUT2D eigenvalue weighted by molar-refractivity contribution is -0.134. The molecule has 0 saturated carbocycles. The van der Waals surface area contributed by atoms with Crippen LogP contribution in [0.4, 0.5) is 0 Å². The lowest BCUT2D eigenvalue weighted by atomic mass is 9.99. The molecule has 2 atom stereocenters. The van der Waals surface area contributed by atoms with Gasteiger partial charge >= 0.3 is 0 Å². The van der Waals surface area contributed by atoms with E-state index in [0.717, 1.165) is 16.7 Å². The molecule has 1 aliphatic rings. The van der Waals surface area contributed by atoms with Gasteiger partial charge in [-0.15, -0.1) is 22.0 Å². The maximum atomic E-state index is 13.2. The van der Waals surface area contributed by atoms with E-state index >= 15 is 0 Å². The number of carbonyl (C=O) groups excluding carboxylic acids is 3. The van der Waals surface area contributed by atoms with Crippen LogP contribution in [0.2, 0.25) is 0 Å². The molecular formula is C27H30N4O4S. The molecular weight excluding hydrogens is 476 g/mol. The van der Waals surface area contributed by atoms with Crippen LogP contribution in [-0.4, -0.2) is 56.4 Å². The summed E-state index contributed by atoms with van der Waals surface area (Å²) in [6.45, 7) is 5.56. The minimum Gasteiger partial charge on any atom is -0.418 e. The quantitative estimate of drug-likeness (QED) is 0.420. The summed E-state index contributed by atoms with van der Waals surface area (Å²) in [5.41, 5.74) is 3.22. The van der Waals surface area contributed by atoms with Gasteiger partial charge in [0.1, 0.15) is 6.54 Å². The van der Waals surface area contributed by atoms with Gasteiger partial charge in [-0.25, -0.2) is 0 Å². The zero-order valence-corrected chi connectivity index (χ0v) is 21.5. The number of hydrogen-bond acceptors (Lipinski definition) is 7. The summed E-state index contributed by atoms with van der Waals surface area (Å²) in [6, 6.07) is 16.9. The molecule has 4 rings (SSSR count). The second kappa shape index (κ2) is 11.5. The van der Waals surface area contributed by atoms with E-state index < -0.39 is 17.7 Å². The van der Waals surface area contributed by atoms with Gasteiger partial charge < -0.3 is 14.6 Å². The number of benzene rings is 2. The third-order valence-electron chi connectivity index (χ3n) is 6.02. The van der Waals surface area contributed by atoms with Crippen LogP contribution in [0.1, 0.15) is 47.1 Å². The second-order valence-electron chi connectivity index (χ2n) is 9.30. The Kier molecular flexibility index (Phi) is 8.20. The molecule has 2 amide bonds. The van der Waals surface area contributed by atoms with Crippen molar-refractivity contribution in [3.05, 3.63) is 83.1 Å². The highest BCUT2D eigenvalue weighted by molar-refractivity contribution is 8.01. The zero-order chi connectivity index (χ0) is 25.7. The van der Waals surface area contributed by atoms with Crippen molar-refractivity contribution in [3.63, 3.8) is 0 Å². The van der Waals surface area contributed by atoms with Gasteiger partial charge in [-0.05, 0) is 24.0 Å². The molecule has 1 aromatic heterocycles. The van der Waals surface area contributed by atoms with Crippen molar-refractivity contribution in [3.8, 4) is 0 Å². The number of hydrogen-bond donors (Lipinski definition) is 1. The molecule has 1 fully saturated rings. The average molecular weight is 507 g/mol. The Morgan fingerprint density at radius 3 is 2.58 bits per heavy atom. The van der Waals surface area contributed by atoms with E-state index in [4.69, 9.17) is 4.42 Å². The lowest BCUT2D eigenvalue weighted by Gasteiger charge is -2.25. The first kappa shape index (κ1) is 25.6. The fraction of sp³-hybridized carbons (Fsp3) is 0.370. The van der Waals surface area contributed by atoms with Gasteiger partial charge in [-0.2, -0.15) is 0 Å². The number of ketones is 1. The average Bonchev–Trinajstić information content (AvgIpc) is 3.45. The predicted octanol–water partition coefficient (Wildman–Crippen LogP) is 3.44. The molecule has 9 heteroatoms. The van der Waals surface area contributed by atoms with Gasteiger partial charge in [0.25, 0.3) is 5.89 Å². The molecule has 1 N–H and O–H groups in total. The summed E-state index contributed by atoms with van der Waals surface area (Å²) in [6.07, 6.45) is 1.07. The molecule has 3 aromatic rings. The first-order valence-corrected chi connectivity index (χ1v) is 13.0. The highest BCUT2D eigenvalue weighted by Gasteiger charge is 2.35. The minimum atomic E-state index is -0.845. The molecule has 188 valence electrons. The Morgan fingerprint density at radius 1 is 1.11 bits per heavy atom. The summed E-state index contributed by atoms with van der Waals surface area (Å²) in [5, 5.41) is 10.6. The molecule has 0 unspecified atom stereocenters. The first-order chi connectivity index (χ1) is 17.3. The van der Waals surface area contributed by atoms with Crippen LogP contribution in [-0.2, 0) is 22.4 Å². The van der Waals surface area contributed by atoms with Gasteiger partial charge in [-0.1, -0.05) is 74.0 Å². The van der Waals surface area contributed by atoms with Crippen LogP contribution in [0.3, 0.4) is 0 Å². The standard InChI is InChI=1S/C27H30N4O4S/c1-17(2)25(26(34)27-30-29-22(35-27)13-20-11-7-8-18(3)12-20)28-21(32)15-31-23(33)16-36-24(31)14-19-9-5-4-6-10-19/h4-12,17,24-25H,13-16H2,1-3H3,(H,28,32)/t24-,25-/m0/s1. The zero-order valence-electron chi connectivity index (χ0n) is 20.6. The van der Waals surface area contributed by atoms with Crippen molar-refractivity contribution in [1.29, 1.82) is 0 Å². The third-order valence-corrected chi connectivity index (χ3v) is 7.23. The molecule has 0 aliphatic carbocycles. The Labute approximate surface area is 214 Å². The van der Waals surface area contributed by atoms with Crippen LogP contribution in [0.5, 0.6) is 0 Å². The monoisotopic (exact) mass is 506 g/mol. The van der Waals surface area contributed by atoms with E-state index in [0.29, 0.717) is 24.5 Å². The van der Waals surface area contributed by atoms with Crippen LogP contribution < -0.4 is 5.32 Å². The highest BCUT2D eigenvalue weighted by Crippen LogP contribution is 2.27. The smallest absolute Gasteiger partial charge is 0.286 e. The van der Waals surface area contributed by atoms with Gasteiger partial charge in [0.15, 0.2) is 0 Å². The summed E-state index contributed by atoms with van der Waals surface area (Å²) >= 11 is 1.52. The number of aromatic nitrogens is 2. The number of Topliss-reactive ketones (excluding diaryl/α,β-unsaturated/α-hetero) is 1.